The number of nitrogens with two attached hydrogens (primary N) is 1. The van der Waals surface area contributed by atoms with Crippen LogP contribution in [0.2, 0.25) is 0 Å². The molecule has 0 saturated heterocycles. The average Bonchev–Trinajstić information content (AvgIpc) is 2.49. The Labute approximate surface area is 133 Å². The maximum Gasteiger partial charge on any atom is 0.320 e. The minimum absolute atomic E-state index is 0.413. The zero-order valence-corrected chi connectivity index (χ0v) is 12.9. The topological polar surface area (TPSA) is 84.2 Å². The summed E-state index contributed by atoms with van der Waals surface area (Å²) in [6.45, 7) is 3.74. The molecule has 4 N–H and O–H groups in total. The number of amides is 3. The fourth-order valence-corrected chi connectivity index (χ4v) is 2.27. The minimum atomic E-state index is -1.04. The van der Waals surface area contributed by atoms with Gasteiger partial charge in [-0.3, -0.25) is 4.79 Å². The lowest BCUT2D eigenvalue weighted by Crippen LogP contribution is -2.40. The third kappa shape index (κ3) is 4.06. The molecule has 0 saturated carbocycles. The van der Waals surface area contributed by atoms with Crippen molar-refractivity contribution >= 4 is 17.6 Å². The van der Waals surface area contributed by atoms with Crippen LogP contribution in [0.3, 0.4) is 0 Å². The highest BCUT2D eigenvalue weighted by molar-refractivity contribution is 5.94. The summed E-state index contributed by atoms with van der Waals surface area (Å²) in [5.41, 5.74) is 8.22. The highest BCUT2D eigenvalue weighted by atomic mass is 19.1. The van der Waals surface area contributed by atoms with Crippen molar-refractivity contribution in [3.8, 4) is 0 Å². The van der Waals surface area contributed by atoms with Crippen LogP contribution in [0.15, 0.2) is 42.5 Å². The standard InChI is InChI=1S/C17H18FN3O2/c1-10-4-3-5-11(2)14(10)20-17(23)21-15(16(19)22)12-6-8-13(18)9-7-12/h3-9,15H,1-2H3,(H2,19,22)(H2,20,21,23)/t15-/m1/s1. The van der Waals surface area contributed by atoms with Gasteiger partial charge in [-0.05, 0) is 42.7 Å². The molecule has 0 aliphatic rings. The number of hydrogen-bond donors (Lipinski definition) is 3. The first-order valence-corrected chi connectivity index (χ1v) is 7.07. The van der Waals surface area contributed by atoms with E-state index in [1.54, 1.807) is 0 Å². The highest BCUT2D eigenvalue weighted by Crippen LogP contribution is 2.20. The molecule has 0 heterocycles. The van der Waals surface area contributed by atoms with Gasteiger partial charge in [0, 0.05) is 5.69 Å². The molecule has 0 aromatic heterocycles. The molecule has 0 radical (unpaired) electrons. The van der Waals surface area contributed by atoms with Crippen LogP contribution in [0.4, 0.5) is 14.9 Å². The molecule has 3 amide bonds. The van der Waals surface area contributed by atoms with Gasteiger partial charge in [0.25, 0.3) is 0 Å². The van der Waals surface area contributed by atoms with E-state index >= 15 is 0 Å². The quantitative estimate of drug-likeness (QED) is 0.810. The van der Waals surface area contributed by atoms with Crippen LogP contribution >= 0.6 is 0 Å². The predicted octanol–water partition coefficient (Wildman–Crippen LogP) is 2.79. The largest absolute Gasteiger partial charge is 0.368 e. The van der Waals surface area contributed by atoms with Crippen LogP contribution in [0.25, 0.3) is 0 Å². The molecule has 0 fully saturated rings. The van der Waals surface area contributed by atoms with Gasteiger partial charge < -0.3 is 16.4 Å². The Kier molecular flexibility index (Phi) is 4.95. The van der Waals surface area contributed by atoms with Gasteiger partial charge in [-0.1, -0.05) is 30.3 Å². The van der Waals surface area contributed by atoms with Crippen LogP contribution < -0.4 is 16.4 Å². The SMILES string of the molecule is Cc1cccc(C)c1NC(=O)N[C@@H](C(N)=O)c1ccc(F)cc1. The van der Waals surface area contributed by atoms with Crippen LogP contribution in [-0.2, 0) is 4.79 Å². The number of para-hydroxylation sites is 1. The van der Waals surface area contributed by atoms with Crippen LogP contribution in [0.5, 0.6) is 0 Å². The molecule has 6 heteroatoms. The van der Waals surface area contributed by atoms with E-state index in [1.165, 1.54) is 24.3 Å². The van der Waals surface area contributed by atoms with Gasteiger partial charge in [-0.25, -0.2) is 9.18 Å². The Hall–Kier alpha value is -2.89. The molecule has 120 valence electrons. The normalized spacial score (nSPS) is 11.6. The molecular weight excluding hydrogens is 297 g/mol. The monoisotopic (exact) mass is 315 g/mol. The van der Waals surface area contributed by atoms with Gasteiger partial charge >= 0.3 is 6.03 Å². The Balaban J connectivity index is 2.16. The van der Waals surface area contributed by atoms with Crippen molar-refractivity contribution in [2.24, 2.45) is 5.73 Å². The molecule has 5 nitrogen and oxygen atoms in total. The lowest BCUT2D eigenvalue weighted by molar-refractivity contribution is -0.119. The van der Waals surface area contributed by atoms with E-state index < -0.39 is 23.8 Å². The summed E-state index contributed by atoms with van der Waals surface area (Å²) >= 11 is 0. The van der Waals surface area contributed by atoms with E-state index in [0.717, 1.165) is 11.1 Å². The molecule has 2 rings (SSSR count). The van der Waals surface area contributed by atoms with Crippen molar-refractivity contribution in [2.45, 2.75) is 19.9 Å². The van der Waals surface area contributed by atoms with Gasteiger partial charge in [0.2, 0.25) is 5.91 Å². The molecular formula is C17H18FN3O2. The van der Waals surface area contributed by atoms with Crippen molar-refractivity contribution in [2.75, 3.05) is 5.32 Å². The molecule has 0 aliphatic heterocycles. The van der Waals surface area contributed by atoms with Crippen molar-refractivity contribution in [3.05, 3.63) is 65.0 Å². The zero-order chi connectivity index (χ0) is 17.0. The summed E-state index contributed by atoms with van der Waals surface area (Å²) in [5, 5.41) is 5.22. The highest BCUT2D eigenvalue weighted by Gasteiger charge is 2.20. The van der Waals surface area contributed by atoms with E-state index in [0.29, 0.717) is 11.3 Å². The number of primary amides is 1. The lowest BCUT2D eigenvalue weighted by atomic mass is 10.1. The van der Waals surface area contributed by atoms with Crippen molar-refractivity contribution in [1.82, 2.24) is 5.32 Å². The van der Waals surface area contributed by atoms with Crippen molar-refractivity contribution in [1.29, 1.82) is 0 Å². The van der Waals surface area contributed by atoms with E-state index in [1.807, 2.05) is 32.0 Å². The van der Waals surface area contributed by atoms with E-state index in [-0.39, 0.29) is 0 Å². The van der Waals surface area contributed by atoms with Crippen LogP contribution in [-0.4, -0.2) is 11.9 Å². The average molecular weight is 315 g/mol. The number of anilines is 1. The fourth-order valence-electron chi connectivity index (χ4n) is 2.27. The molecule has 2 aromatic rings. The Bertz CT molecular complexity index is 709. The number of carbonyl (C=O) groups excluding carboxylic acids is 2. The zero-order valence-electron chi connectivity index (χ0n) is 12.9. The summed E-state index contributed by atoms with van der Waals surface area (Å²) < 4.78 is 13.0. The number of hydrogen-bond acceptors (Lipinski definition) is 2. The Morgan fingerprint density at radius 3 is 2.13 bits per heavy atom. The van der Waals surface area contributed by atoms with E-state index in [4.69, 9.17) is 5.73 Å². The number of rotatable bonds is 4. The summed E-state index contributed by atoms with van der Waals surface area (Å²) in [5.74, 6) is -1.16. The molecule has 0 spiro atoms. The summed E-state index contributed by atoms with van der Waals surface area (Å²) in [6, 6.07) is 9.25. The Morgan fingerprint density at radius 2 is 1.61 bits per heavy atom. The molecule has 0 unspecified atom stereocenters. The number of aryl methyl sites for hydroxylation is 2. The molecule has 23 heavy (non-hydrogen) atoms. The Morgan fingerprint density at radius 1 is 1.04 bits per heavy atom. The van der Waals surface area contributed by atoms with Crippen molar-refractivity contribution in [3.63, 3.8) is 0 Å². The minimum Gasteiger partial charge on any atom is -0.368 e. The maximum absolute atomic E-state index is 13.0. The van der Waals surface area contributed by atoms with Gasteiger partial charge in [0.15, 0.2) is 0 Å². The molecule has 2 aromatic carbocycles. The van der Waals surface area contributed by atoms with Crippen LogP contribution in [0.1, 0.15) is 22.7 Å². The number of halogens is 1. The third-order valence-electron chi connectivity index (χ3n) is 3.48. The first-order valence-electron chi connectivity index (χ1n) is 7.07. The predicted molar refractivity (Wildman–Crippen MR) is 86.4 cm³/mol. The van der Waals surface area contributed by atoms with Gasteiger partial charge in [-0.2, -0.15) is 0 Å². The third-order valence-corrected chi connectivity index (χ3v) is 3.48. The first kappa shape index (κ1) is 16.5. The number of benzene rings is 2. The van der Waals surface area contributed by atoms with Gasteiger partial charge in [0.05, 0.1) is 0 Å². The second kappa shape index (κ2) is 6.91. The van der Waals surface area contributed by atoms with Crippen LogP contribution in [0, 0.1) is 19.7 Å². The number of urea groups is 1. The second-order valence-corrected chi connectivity index (χ2v) is 5.25. The lowest BCUT2D eigenvalue weighted by Gasteiger charge is -2.18. The second-order valence-electron chi connectivity index (χ2n) is 5.25. The van der Waals surface area contributed by atoms with Gasteiger partial charge in [-0.15, -0.1) is 0 Å². The summed E-state index contributed by atoms with van der Waals surface area (Å²) in [7, 11) is 0. The summed E-state index contributed by atoms with van der Waals surface area (Å²) in [6.07, 6.45) is 0. The van der Waals surface area contributed by atoms with Crippen molar-refractivity contribution < 1.29 is 14.0 Å². The molecule has 1 atom stereocenters. The number of nitrogens with one attached hydrogen (secondary N) is 2. The molecule has 0 bridgehead atoms. The van der Waals surface area contributed by atoms with E-state index in [9.17, 15) is 14.0 Å². The van der Waals surface area contributed by atoms with E-state index in [2.05, 4.69) is 10.6 Å². The first-order chi connectivity index (χ1) is 10.9. The fraction of sp³-hybridized carbons (Fsp3) is 0.176. The maximum atomic E-state index is 13.0. The van der Waals surface area contributed by atoms with Gasteiger partial charge in [0.1, 0.15) is 11.9 Å². The molecule has 0 aliphatic carbocycles. The summed E-state index contributed by atoms with van der Waals surface area (Å²) in [4.78, 5) is 23.8. The smallest absolute Gasteiger partial charge is 0.320 e. The number of carbonyl (C=O) groups is 2.